The standard InChI is InChI=1S/C60H88N10O8/c1-41(61-9)55(75)65-53(59(3,4)5)57(77)69-31-17-23-47(69)39-67(33-29-43-19-13-11-14-20-43)51(73)37-63-49(71)35-45-25-27-46(28-26-45)36-50(72)64-38-52(74)68(34-30-44-21-15-12-16-22-44)40-48-24-18-32-70(48)58(78)54(60(6,7)8)66-56(76)42(2)62-10/h11-16,19-22,25-28,41-42,47-48,53-54,61-62H,17-18,23-24,29-40H2,1-10H3,(H,63,71)(H,64,72)(H,65,75)(H,66,76)/t41-,42-,47-,48-,53+,54+/m0/s1. The number of nitrogens with one attached hydrogen (secondary N) is 6. The first-order valence-corrected chi connectivity index (χ1v) is 27.8. The van der Waals surface area contributed by atoms with Crippen LogP contribution < -0.4 is 31.9 Å². The van der Waals surface area contributed by atoms with Crippen LogP contribution in [0, 0.1) is 10.8 Å². The first-order chi connectivity index (χ1) is 37.0. The highest BCUT2D eigenvalue weighted by molar-refractivity contribution is 5.92. The lowest BCUT2D eigenvalue weighted by Crippen LogP contribution is -2.59. The van der Waals surface area contributed by atoms with Crippen LogP contribution in [0.5, 0.6) is 0 Å². The first kappa shape index (κ1) is 62.2. The van der Waals surface area contributed by atoms with Gasteiger partial charge in [-0.25, -0.2) is 0 Å². The van der Waals surface area contributed by atoms with Crippen molar-refractivity contribution in [3.05, 3.63) is 107 Å². The zero-order valence-electron chi connectivity index (χ0n) is 47.9. The van der Waals surface area contributed by atoms with Crippen LogP contribution in [0.3, 0.4) is 0 Å². The van der Waals surface area contributed by atoms with E-state index in [9.17, 15) is 38.4 Å². The van der Waals surface area contributed by atoms with Crippen molar-refractivity contribution in [2.75, 3.05) is 66.5 Å². The van der Waals surface area contributed by atoms with Gasteiger partial charge in [-0.3, -0.25) is 38.4 Å². The predicted molar refractivity (Wildman–Crippen MR) is 303 cm³/mol. The van der Waals surface area contributed by atoms with E-state index in [1.54, 1.807) is 71.8 Å². The molecule has 18 nitrogen and oxygen atoms in total. The molecule has 8 amide bonds. The number of likely N-dealkylation sites (N-methyl/N-ethyl adjacent to an activating group) is 2. The van der Waals surface area contributed by atoms with Gasteiger partial charge in [0, 0.05) is 51.4 Å². The molecule has 0 unspecified atom stereocenters. The molecule has 0 aromatic heterocycles. The van der Waals surface area contributed by atoms with Crippen LogP contribution in [0.15, 0.2) is 84.9 Å². The zero-order chi connectivity index (χ0) is 57.2. The van der Waals surface area contributed by atoms with Gasteiger partial charge < -0.3 is 51.5 Å². The second-order valence-corrected chi connectivity index (χ2v) is 23.2. The summed E-state index contributed by atoms with van der Waals surface area (Å²) >= 11 is 0. The highest BCUT2D eigenvalue weighted by Gasteiger charge is 2.42. The molecule has 0 bridgehead atoms. The fourth-order valence-corrected chi connectivity index (χ4v) is 9.86. The molecular formula is C60H88N10O8. The Bertz CT molecular complexity index is 2310. The topological polar surface area (TPSA) is 222 Å². The molecule has 0 aliphatic carbocycles. The summed E-state index contributed by atoms with van der Waals surface area (Å²) in [5.74, 6) is -2.16. The van der Waals surface area contributed by atoms with E-state index in [0.29, 0.717) is 63.0 Å². The Hall–Kier alpha value is -6.66. The van der Waals surface area contributed by atoms with Crippen molar-refractivity contribution in [3.63, 3.8) is 0 Å². The van der Waals surface area contributed by atoms with Gasteiger partial charge in [0.05, 0.1) is 38.0 Å². The minimum absolute atomic E-state index is 0.000858. The van der Waals surface area contributed by atoms with E-state index in [2.05, 4.69) is 31.9 Å². The number of rotatable bonds is 26. The van der Waals surface area contributed by atoms with Crippen LogP contribution in [0.1, 0.15) is 103 Å². The Morgan fingerprint density at radius 1 is 0.526 bits per heavy atom. The SMILES string of the molecule is CN[C@@H](C)C(=O)N[C@H](C(=O)N1CCC[C@H]1CN(CCc1ccccc1)C(=O)CNC(=O)Cc1ccc(CC(=O)NCC(=O)N(CCc2ccccc2)C[C@@H]2CCCN2C(=O)[C@@H](NC(=O)[C@H](C)NC)C(C)(C)C)cc1)C(C)(C)C. The lowest BCUT2D eigenvalue weighted by Gasteiger charge is -2.37. The quantitative estimate of drug-likeness (QED) is 0.0688. The van der Waals surface area contributed by atoms with Gasteiger partial charge in [0.2, 0.25) is 47.3 Å². The minimum Gasteiger partial charge on any atom is -0.347 e. The van der Waals surface area contributed by atoms with Crippen molar-refractivity contribution >= 4 is 47.3 Å². The number of amides is 8. The second-order valence-electron chi connectivity index (χ2n) is 23.2. The Labute approximate surface area is 462 Å². The third-order valence-electron chi connectivity index (χ3n) is 15.0. The van der Waals surface area contributed by atoms with E-state index < -0.39 is 35.0 Å². The molecule has 0 radical (unpaired) electrons. The Morgan fingerprint density at radius 3 is 1.19 bits per heavy atom. The Morgan fingerprint density at radius 2 is 0.872 bits per heavy atom. The van der Waals surface area contributed by atoms with Crippen LogP contribution in [0.2, 0.25) is 0 Å². The van der Waals surface area contributed by atoms with Crippen LogP contribution >= 0.6 is 0 Å². The number of benzene rings is 3. The number of carbonyl (C=O) groups is 8. The number of hydrogen-bond acceptors (Lipinski definition) is 10. The molecule has 3 aromatic carbocycles. The first-order valence-electron chi connectivity index (χ1n) is 27.8. The minimum atomic E-state index is -0.770. The molecular weight excluding hydrogens is 989 g/mol. The van der Waals surface area contributed by atoms with Crippen molar-refractivity contribution in [1.29, 1.82) is 0 Å². The van der Waals surface area contributed by atoms with Crippen molar-refractivity contribution in [2.24, 2.45) is 10.8 Å². The molecule has 0 saturated carbocycles. The fourth-order valence-electron chi connectivity index (χ4n) is 9.86. The monoisotopic (exact) mass is 1080 g/mol. The number of likely N-dealkylation sites (tertiary alicyclic amines) is 2. The van der Waals surface area contributed by atoms with Crippen LogP contribution in [-0.2, 0) is 64.0 Å². The summed E-state index contributed by atoms with van der Waals surface area (Å²) in [4.78, 5) is 116. The van der Waals surface area contributed by atoms with E-state index in [0.717, 1.165) is 24.0 Å². The van der Waals surface area contributed by atoms with E-state index in [1.165, 1.54) is 0 Å². The molecule has 5 rings (SSSR count). The van der Waals surface area contributed by atoms with Gasteiger partial charge >= 0.3 is 0 Å². The Kier molecular flexibility index (Phi) is 23.4. The summed E-state index contributed by atoms with van der Waals surface area (Å²) in [7, 11) is 3.38. The lowest BCUT2D eigenvalue weighted by molar-refractivity contribution is -0.142. The van der Waals surface area contributed by atoms with Crippen LogP contribution in [-0.4, -0.2) is 170 Å². The maximum absolute atomic E-state index is 14.2. The van der Waals surface area contributed by atoms with Gasteiger partial charge in [-0.05, 0) is 99.6 Å². The van der Waals surface area contributed by atoms with Crippen molar-refractivity contribution in [2.45, 2.75) is 143 Å². The third kappa shape index (κ3) is 18.8. The average molecular weight is 1080 g/mol. The number of carbonyl (C=O) groups excluding carboxylic acids is 8. The van der Waals surface area contributed by atoms with E-state index >= 15 is 0 Å². The summed E-state index contributed by atoms with van der Waals surface area (Å²) in [6.07, 6.45) is 4.07. The molecule has 78 heavy (non-hydrogen) atoms. The van der Waals surface area contributed by atoms with Crippen LogP contribution in [0.4, 0.5) is 0 Å². The van der Waals surface area contributed by atoms with E-state index in [1.807, 2.05) is 102 Å². The van der Waals surface area contributed by atoms with Gasteiger partial charge in [-0.15, -0.1) is 0 Å². The van der Waals surface area contributed by atoms with Gasteiger partial charge in [0.25, 0.3) is 0 Å². The van der Waals surface area contributed by atoms with Crippen LogP contribution in [0.25, 0.3) is 0 Å². The molecule has 6 atom stereocenters. The summed E-state index contributed by atoms with van der Waals surface area (Å²) in [5, 5.41) is 17.4. The molecule has 2 heterocycles. The summed E-state index contributed by atoms with van der Waals surface area (Å²) in [5.41, 5.74) is 2.33. The molecule has 426 valence electrons. The fraction of sp³-hybridized carbons (Fsp3) is 0.567. The van der Waals surface area contributed by atoms with E-state index in [-0.39, 0.29) is 98.4 Å². The summed E-state index contributed by atoms with van der Waals surface area (Å²) < 4.78 is 0. The summed E-state index contributed by atoms with van der Waals surface area (Å²) in [6.45, 7) is 16.9. The second kappa shape index (κ2) is 29.4. The normalized spacial score (nSPS) is 17.1. The third-order valence-corrected chi connectivity index (χ3v) is 15.0. The average Bonchev–Trinajstić information content (AvgIpc) is 4.10. The molecule has 0 spiro atoms. The lowest BCUT2D eigenvalue weighted by atomic mass is 9.85. The maximum atomic E-state index is 14.2. The largest absolute Gasteiger partial charge is 0.347 e. The molecule has 2 aliphatic heterocycles. The molecule has 18 heteroatoms. The molecule has 2 saturated heterocycles. The van der Waals surface area contributed by atoms with Gasteiger partial charge in [0.15, 0.2) is 0 Å². The summed E-state index contributed by atoms with van der Waals surface area (Å²) in [6, 6.07) is 23.6. The highest BCUT2D eigenvalue weighted by Crippen LogP contribution is 2.28. The van der Waals surface area contributed by atoms with Crippen molar-refractivity contribution in [3.8, 4) is 0 Å². The van der Waals surface area contributed by atoms with Crippen molar-refractivity contribution in [1.82, 2.24) is 51.5 Å². The molecule has 3 aromatic rings. The maximum Gasteiger partial charge on any atom is 0.246 e. The van der Waals surface area contributed by atoms with Gasteiger partial charge in [0.1, 0.15) is 12.1 Å². The molecule has 2 aliphatic rings. The van der Waals surface area contributed by atoms with E-state index in [4.69, 9.17) is 0 Å². The molecule has 6 N–H and O–H groups in total. The van der Waals surface area contributed by atoms with Gasteiger partial charge in [-0.2, -0.15) is 0 Å². The molecule has 2 fully saturated rings. The highest BCUT2D eigenvalue weighted by atomic mass is 16.2. The predicted octanol–water partition coefficient (Wildman–Crippen LogP) is 3.41. The number of hydrogen-bond donors (Lipinski definition) is 6. The number of nitrogens with zero attached hydrogens (tertiary/aromatic N) is 4. The Balaban J connectivity index is 1.16. The van der Waals surface area contributed by atoms with Gasteiger partial charge in [-0.1, -0.05) is 126 Å². The smallest absolute Gasteiger partial charge is 0.246 e. The van der Waals surface area contributed by atoms with Crippen molar-refractivity contribution < 1.29 is 38.4 Å². The zero-order valence-corrected chi connectivity index (χ0v) is 47.9.